The summed E-state index contributed by atoms with van der Waals surface area (Å²) in [6.45, 7) is 0. The second kappa shape index (κ2) is 2.86. The van der Waals surface area contributed by atoms with Crippen LogP contribution in [0.5, 0.6) is 0 Å². The van der Waals surface area contributed by atoms with Gasteiger partial charge in [0.05, 0.1) is 0 Å². The third-order valence-electron chi connectivity index (χ3n) is 0.360. The maximum atomic E-state index is 11.2. The van der Waals surface area contributed by atoms with E-state index in [1.807, 2.05) is 0 Å². The molecule has 0 N–H and O–H groups in total. The predicted octanol–water partition coefficient (Wildman–Crippen LogP) is 0.00900. The van der Waals surface area contributed by atoms with E-state index in [4.69, 9.17) is 0 Å². The summed E-state index contributed by atoms with van der Waals surface area (Å²) in [6, 6.07) is 0. The molecule has 0 aliphatic heterocycles. The standard InChI is InChI=1S/C2HF3O4S/c3-1(4)2(6)9-10(5,7)8/h1H. The van der Waals surface area contributed by atoms with Crippen LogP contribution in [0.1, 0.15) is 0 Å². The Morgan fingerprint density at radius 2 is 1.80 bits per heavy atom. The summed E-state index contributed by atoms with van der Waals surface area (Å²) in [5.41, 5.74) is 0. The third-order valence-corrected chi connectivity index (χ3v) is 0.723. The first kappa shape index (κ1) is 9.21. The van der Waals surface area contributed by atoms with Gasteiger partial charge in [-0.25, -0.2) is 4.79 Å². The monoisotopic (exact) mass is 178 g/mol. The summed E-state index contributed by atoms with van der Waals surface area (Å²) in [7, 11) is -5.60. The first-order chi connectivity index (χ1) is 4.33. The Balaban J connectivity index is 4.07. The van der Waals surface area contributed by atoms with E-state index in [9.17, 15) is 25.9 Å². The van der Waals surface area contributed by atoms with E-state index >= 15 is 0 Å². The molecule has 0 fully saturated rings. The number of carbonyl (C=O) groups excluding carboxylic acids is 1. The maximum absolute atomic E-state index is 11.2. The number of alkyl halides is 2. The molecule has 0 aromatic carbocycles. The molecule has 0 aliphatic rings. The van der Waals surface area contributed by atoms with Gasteiger partial charge in [-0.2, -0.15) is 17.2 Å². The fourth-order valence-corrected chi connectivity index (χ4v) is 0.403. The van der Waals surface area contributed by atoms with Crippen LogP contribution in [0.4, 0.5) is 12.7 Å². The van der Waals surface area contributed by atoms with Crippen LogP contribution in [0.2, 0.25) is 0 Å². The zero-order valence-corrected chi connectivity index (χ0v) is 5.07. The van der Waals surface area contributed by atoms with Crippen LogP contribution < -0.4 is 0 Å². The van der Waals surface area contributed by atoms with Crippen LogP contribution in [0.25, 0.3) is 0 Å². The molecule has 0 unspecified atom stereocenters. The normalized spacial score (nSPS) is 11.6. The van der Waals surface area contributed by atoms with Gasteiger partial charge in [-0.1, -0.05) is 3.89 Å². The molecular weight excluding hydrogens is 177 g/mol. The van der Waals surface area contributed by atoms with Gasteiger partial charge in [0, 0.05) is 0 Å². The molecule has 0 heterocycles. The van der Waals surface area contributed by atoms with Gasteiger partial charge >= 0.3 is 22.9 Å². The van der Waals surface area contributed by atoms with E-state index in [0.717, 1.165) is 0 Å². The lowest BCUT2D eigenvalue weighted by Gasteiger charge is -1.94. The quantitative estimate of drug-likeness (QED) is 0.559. The van der Waals surface area contributed by atoms with Crippen LogP contribution in [0.3, 0.4) is 0 Å². The van der Waals surface area contributed by atoms with E-state index in [-0.39, 0.29) is 0 Å². The summed E-state index contributed by atoms with van der Waals surface area (Å²) in [6.07, 6.45) is -3.65. The van der Waals surface area contributed by atoms with Crippen LogP contribution >= 0.6 is 0 Å². The number of hydrogen-bond donors (Lipinski definition) is 0. The summed E-state index contributed by atoms with van der Waals surface area (Å²) < 4.78 is 54.5. The van der Waals surface area contributed by atoms with Crippen molar-refractivity contribution >= 4 is 16.5 Å². The summed E-state index contributed by atoms with van der Waals surface area (Å²) >= 11 is 0. The molecule has 4 nitrogen and oxygen atoms in total. The Morgan fingerprint density at radius 1 is 1.40 bits per heavy atom. The van der Waals surface area contributed by atoms with Crippen LogP contribution in [-0.4, -0.2) is 20.8 Å². The van der Waals surface area contributed by atoms with Crippen molar-refractivity contribution in [2.24, 2.45) is 0 Å². The van der Waals surface area contributed by atoms with E-state index in [2.05, 4.69) is 4.18 Å². The van der Waals surface area contributed by atoms with Gasteiger partial charge < -0.3 is 4.18 Å². The minimum atomic E-state index is -5.60. The molecule has 0 saturated carbocycles. The van der Waals surface area contributed by atoms with E-state index in [1.165, 1.54) is 0 Å². The highest BCUT2D eigenvalue weighted by Crippen LogP contribution is 2.01. The lowest BCUT2D eigenvalue weighted by molar-refractivity contribution is -0.146. The highest BCUT2D eigenvalue weighted by molar-refractivity contribution is 7.81. The molecule has 8 heteroatoms. The molecule has 0 aliphatic carbocycles. The topological polar surface area (TPSA) is 60.4 Å². The minimum absolute atomic E-state index is 2.43. The van der Waals surface area contributed by atoms with Gasteiger partial charge in [-0.05, 0) is 0 Å². The molecule has 0 atom stereocenters. The molecule has 0 spiro atoms. The number of carbonyl (C=O) groups is 1. The zero-order valence-electron chi connectivity index (χ0n) is 4.25. The molecule has 0 saturated heterocycles. The Hall–Kier alpha value is -0.790. The van der Waals surface area contributed by atoms with Crippen molar-refractivity contribution in [3.63, 3.8) is 0 Å². The molecule has 0 radical (unpaired) electrons. The Morgan fingerprint density at radius 3 is 1.90 bits per heavy atom. The summed E-state index contributed by atoms with van der Waals surface area (Å²) in [4.78, 5) is 9.57. The fourth-order valence-electron chi connectivity index (χ4n) is 0.134. The van der Waals surface area contributed by atoms with Crippen LogP contribution in [0, 0.1) is 0 Å². The van der Waals surface area contributed by atoms with Crippen molar-refractivity contribution in [2.45, 2.75) is 6.43 Å². The highest BCUT2D eigenvalue weighted by Gasteiger charge is 2.24. The first-order valence-corrected chi connectivity index (χ1v) is 3.10. The van der Waals surface area contributed by atoms with E-state index in [0.29, 0.717) is 0 Å². The zero-order chi connectivity index (χ0) is 8.36. The van der Waals surface area contributed by atoms with E-state index in [1.54, 1.807) is 0 Å². The second-order valence-electron chi connectivity index (χ2n) is 1.10. The summed E-state index contributed by atoms with van der Waals surface area (Å²) in [5.74, 6) is -2.43. The highest BCUT2D eigenvalue weighted by atomic mass is 32.3. The summed E-state index contributed by atoms with van der Waals surface area (Å²) in [5, 5.41) is 0. The van der Waals surface area contributed by atoms with Crippen molar-refractivity contribution < 1.29 is 30.1 Å². The number of hydrogen-bond acceptors (Lipinski definition) is 4. The average molecular weight is 178 g/mol. The molecule has 0 rings (SSSR count). The van der Waals surface area contributed by atoms with Gasteiger partial charge in [0.1, 0.15) is 0 Å². The molecule has 0 bridgehead atoms. The molecule has 0 aromatic heterocycles. The molecule has 60 valence electrons. The Bertz CT molecular complexity index is 219. The molecule has 0 amide bonds. The smallest absolute Gasteiger partial charge is 0.316 e. The van der Waals surface area contributed by atoms with Crippen molar-refractivity contribution in [1.29, 1.82) is 0 Å². The Labute approximate surface area is 54.0 Å². The van der Waals surface area contributed by atoms with Gasteiger partial charge in [0.2, 0.25) is 0 Å². The molecule has 10 heavy (non-hydrogen) atoms. The first-order valence-electron chi connectivity index (χ1n) is 1.79. The van der Waals surface area contributed by atoms with Gasteiger partial charge in [0.25, 0.3) is 0 Å². The number of rotatable bonds is 2. The van der Waals surface area contributed by atoms with Crippen LogP contribution in [0.15, 0.2) is 0 Å². The molecule has 0 aromatic rings. The lowest BCUT2D eigenvalue weighted by atomic mass is 10.7. The van der Waals surface area contributed by atoms with Gasteiger partial charge in [-0.15, -0.1) is 0 Å². The van der Waals surface area contributed by atoms with Crippen molar-refractivity contribution in [3.8, 4) is 0 Å². The third kappa shape index (κ3) is 4.13. The van der Waals surface area contributed by atoms with Crippen molar-refractivity contribution in [3.05, 3.63) is 0 Å². The maximum Gasteiger partial charge on any atom is 0.491 e. The molecular formula is C2HF3O4S. The SMILES string of the molecule is O=C(OS(=O)(=O)F)C(F)F. The fraction of sp³-hybridized carbons (Fsp3) is 0.500. The average Bonchev–Trinajstić information content (AvgIpc) is 1.60. The second-order valence-corrected chi connectivity index (χ2v) is 2.05. The minimum Gasteiger partial charge on any atom is -0.316 e. The van der Waals surface area contributed by atoms with Crippen molar-refractivity contribution in [1.82, 2.24) is 0 Å². The van der Waals surface area contributed by atoms with Gasteiger partial charge in [-0.3, -0.25) is 0 Å². The van der Waals surface area contributed by atoms with Gasteiger partial charge in [0.15, 0.2) is 0 Å². The van der Waals surface area contributed by atoms with Crippen LogP contribution in [-0.2, 0) is 19.5 Å². The van der Waals surface area contributed by atoms with E-state index < -0.39 is 22.9 Å². The largest absolute Gasteiger partial charge is 0.491 e. The number of halogens is 3. The Kier molecular flexibility index (Phi) is 2.64. The lowest BCUT2D eigenvalue weighted by Crippen LogP contribution is -2.16. The predicted molar refractivity (Wildman–Crippen MR) is 22.1 cm³/mol. The van der Waals surface area contributed by atoms with Crippen molar-refractivity contribution in [2.75, 3.05) is 0 Å².